The molecule has 1 aromatic heterocycles. The molecule has 0 atom stereocenters. The lowest BCUT2D eigenvalue weighted by Gasteiger charge is -2.34. The van der Waals surface area contributed by atoms with E-state index in [9.17, 15) is 23.1 Å². The summed E-state index contributed by atoms with van der Waals surface area (Å²) in [6.45, 7) is 0. The average Bonchev–Trinajstić information content (AvgIpc) is 2.39. The van der Waals surface area contributed by atoms with Crippen LogP contribution in [0.2, 0.25) is 0 Å². The van der Waals surface area contributed by atoms with Crippen molar-refractivity contribution in [2.75, 3.05) is 5.32 Å². The highest BCUT2D eigenvalue weighted by Gasteiger charge is 2.40. The lowest BCUT2D eigenvalue weighted by atomic mass is 9.81. The first kappa shape index (κ1) is 14.6. The van der Waals surface area contributed by atoms with Gasteiger partial charge < -0.3 is 10.4 Å². The first-order chi connectivity index (χ1) is 9.33. The maximum Gasteiger partial charge on any atom is 0.417 e. The molecular weight excluding hydrogens is 273 g/mol. The molecule has 4 nitrogen and oxygen atoms in total. The monoisotopic (exact) mass is 288 g/mol. The number of hydrogen-bond acceptors (Lipinski definition) is 3. The Morgan fingerprint density at radius 2 is 1.90 bits per heavy atom. The summed E-state index contributed by atoms with van der Waals surface area (Å²) in [5, 5.41) is 12.2. The van der Waals surface area contributed by atoms with Crippen molar-refractivity contribution in [3.05, 3.63) is 23.9 Å². The Balaban J connectivity index is 2.17. The van der Waals surface area contributed by atoms with Gasteiger partial charge in [-0.3, -0.25) is 0 Å². The van der Waals surface area contributed by atoms with Crippen LogP contribution in [0.4, 0.5) is 19.0 Å². The number of anilines is 1. The van der Waals surface area contributed by atoms with E-state index in [1.54, 1.807) is 0 Å². The number of carbonyl (C=O) groups is 1. The summed E-state index contributed by atoms with van der Waals surface area (Å²) in [5.74, 6) is -0.832. The van der Waals surface area contributed by atoms with E-state index >= 15 is 0 Å². The summed E-state index contributed by atoms with van der Waals surface area (Å²) in [6.07, 6.45) is -0.311. The number of halogens is 3. The number of carboxylic acid groups (broad SMARTS) is 1. The molecule has 0 spiro atoms. The standard InChI is InChI=1S/C13H15F3N2O2/c14-13(15,16)9-4-5-10(17-8-9)18-12(11(19)20)6-2-1-3-7-12/h4-5,8H,1-3,6-7H2,(H,17,18)(H,19,20). The molecule has 0 amide bonds. The summed E-state index contributed by atoms with van der Waals surface area (Å²) < 4.78 is 37.3. The molecule has 0 bridgehead atoms. The molecule has 7 heteroatoms. The van der Waals surface area contributed by atoms with Crippen LogP contribution in [0.15, 0.2) is 18.3 Å². The van der Waals surface area contributed by atoms with Gasteiger partial charge in [0.2, 0.25) is 0 Å². The first-order valence-electron chi connectivity index (χ1n) is 6.38. The Hall–Kier alpha value is -1.79. The van der Waals surface area contributed by atoms with Gasteiger partial charge in [0.15, 0.2) is 0 Å². The van der Waals surface area contributed by atoms with Crippen LogP contribution < -0.4 is 5.32 Å². The third-order valence-corrected chi connectivity index (χ3v) is 3.57. The molecule has 2 rings (SSSR count). The van der Waals surface area contributed by atoms with Gasteiger partial charge in [-0.1, -0.05) is 19.3 Å². The topological polar surface area (TPSA) is 62.2 Å². The van der Waals surface area contributed by atoms with Crippen molar-refractivity contribution >= 4 is 11.8 Å². The number of nitrogens with one attached hydrogen (secondary N) is 1. The Bertz CT molecular complexity index is 479. The minimum atomic E-state index is -4.44. The highest BCUT2D eigenvalue weighted by Crippen LogP contribution is 2.33. The molecule has 0 aliphatic heterocycles. The molecule has 0 radical (unpaired) electrons. The van der Waals surface area contributed by atoms with E-state index in [1.165, 1.54) is 6.07 Å². The van der Waals surface area contributed by atoms with Gasteiger partial charge in [-0.2, -0.15) is 13.2 Å². The van der Waals surface area contributed by atoms with E-state index in [-0.39, 0.29) is 5.82 Å². The number of alkyl halides is 3. The Morgan fingerprint density at radius 3 is 2.35 bits per heavy atom. The quantitative estimate of drug-likeness (QED) is 0.895. The minimum Gasteiger partial charge on any atom is -0.480 e. The summed E-state index contributed by atoms with van der Waals surface area (Å²) >= 11 is 0. The fraction of sp³-hybridized carbons (Fsp3) is 0.538. The summed E-state index contributed by atoms with van der Waals surface area (Å²) in [5.41, 5.74) is -1.97. The van der Waals surface area contributed by atoms with Gasteiger partial charge in [0.05, 0.1) is 5.56 Å². The van der Waals surface area contributed by atoms with Crippen LogP contribution in [-0.4, -0.2) is 21.6 Å². The van der Waals surface area contributed by atoms with Gasteiger partial charge in [-0.15, -0.1) is 0 Å². The van der Waals surface area contributed by atoms with E-state index in [4.69, 9.17) is 0 Å². The number of aliphatic carboxylic acids is 1. The summed E-state index contributed by atoms with van der Waals surface area (Å²) in [4.78, 5) is 15.1. The third kappa shape index (κ3) is 3.02. The number of aromatic nitrogens is 1. The number of carboxylic acids is 1. The maximum atomic E-state index is 12.4. The number of rotatable bonds is 3. The number of pyridine rings is 1. The summed E-state index contributed by atoms with van der Waals surface area (Å²) in [6, 6.07) is 2.07. The molecular formula is C13H15F3N2O2. The highest BCUT2D eigenvalue weighted by molar-refractivity contribution is 5.82. The molecule has 1 aliphatic carbocycles. The summed E-state index contributed by atoms with van der Waals surface area (Å²) in [7, 11) is 0. The lowest BCUT2D eigenvalue weighted by Crippen LogP contribution is -2.48. The van der Waals surface area contributed by atoms with Gasteiger partial charge in [0, 0.05) is 6.20 Å². The minimum absolute atomic E-state index is 0.155. The molecule has 110 valence electrons. The molecule has 0 aromatic carbocycles. The number of hydrogen-bond donors (Lipinski definition) is 2. The van der Waals surface area contributed by atoms with Crippen molar-refractivity contribution < 1.29 is 23.1 Å². The Labute approximate surface area is 114 Å². The van der Waals surface area contributed by atoms with Crippen molar-refractivity contribution in [2.45, 2.75) is 43.8 Å². The van der Waals surface area contributed by atoms with E-state index in [0.29, 0.717) is 19.0 Å². The van der Waals surface area contributed by atoms with E-state index in [2.05, 4.69) is 10.3 Å². The first-order valence-corrected chi connectivity index (χ1v) is 6.38. The molecule has 2 N–H and O–H groups in total. The second-order valence-electron chi connectivity index (χ2n) is 5.00. The normalized spacial score (nSPS) is 18.6. The van der Waals surface area contributed by atoms with Crippen LogP contribution in [-0.2, 0) is 11.0 Å². The Kier molecular flexibility index (Phi) is 3.87. The molecule has 0 unspecified atom stereocenters. The predicted octanol–water partition coefficient (Wildman–Crippen LogP) is 3.30. The van der Waals surface area contributed by atoms with Gasteiger partial charge >= 0.3 is 12.1 Å². The molecule has 1 aromatic rings. The second kappa shape index (κ2) is 5.30. The molecule has 1 aliphatic rings. The number of nitrogens with zero attached hydrogens (tertiary/aromatic N) is 1. The maximum absolute atomic E-state index is 12.4. The third-order valence-electron chi connectivity index (χ3n) is 3.57. The van der Waals surface area contributed by atoms with E-state index in [0.717, 1.165) is 25.3 Å². The van der Waals surface area contributed by atoms with Crippen LogP contribution in [0.5, 0.6) is 0 Å². The van der Waals surface area contributed by atoms with Crippen LogP contribution in [0, 0.1) is 0 Å². The SMILES string of the molecule is O=C(O)C1(Nc2ccc(C(F)(F)F)cn2)CCCCC1. The highest BCUT2D eigenvalue weighted by atomic mass is 19.4. The van der Waals surface area contributed by atoms with Crippen molar-refractivity contribution in [3.8, 4) is 0 Å². The van der Waals surface area contributed by atoms with Crippen molar-refractivity contribution in [1.82, 2.24) is 4.98 Å². The fourth-order valence-electron chi connectivity index (χ4n) is 2.43. The Morgan fingerprint density at radius 1 is 1.25 bits per heavy atom. The van der Waals surface area contributed by atoms with Crippen molar-refractivity contribution in [1.29, 1.82) is 0 Å². The van der Waals surface area contributed by atoms with Gasteiger partial charge in [-0.05, 0) is 25.0 Å². The van der Waals surface area contributed by atoms with Gasteiger partial charge in [0.1, 0.15) is 11.4 Å². The molecule has 1 saturated carbocycles. The van der Waals surface area contributed by atoms with Crippen molar-refractivity contribution in [3.63, 3.8) is 0 Å². The van der Waals surface area contributed by atoms with Gasteiger partial charge in [0.25, 0.3) is 0 Å². The predicted molar refractivity (Wildman–Crippen MR) is 66.3 cm³/mol. The largest absolute Gasteiger partial charge is 0.480 e. The molecule has 0 saturated heterocycles. The van der Waals surface area contributed by atoms with Crippen molar-refractivity contribution in [2.24, 2.45) is 0 Å². The van der Waals surface area contributed by atoms with E-state index in [1.807, 2.05) is 0 Å². The van der Waals surface area contributed by atoms with Crippen LogP contribution in [0.3, 0.4) is 0 Å². The molecule has 20 heavy (non-hydrogen) atoms. The zero-order valence-electron chi connectivity index (χ0n) is 10.7. The fourth-order valence-corrected chi connectivity index (χ4v) is 2.43. The van der Waals surface area contributed by atoms with Gasteiger partial charge in [-0.25, -0.2) is 9.78 Å². The zero-order valence-corrected chi connectivity index (χ0v) is 10.7. The average molecular weight is 288 g/mol. The zero-order chi connectivity index (χ0) is 14.8. The van der Waals surface area contributed by atoms with E-state index < -0.39 is 23.2 Å². The smallest absolute Gasteiger partial charge is 0.417 e. The lowest BCUT2D eigenvalue weighted by molar-refractivity contribution is -0.143. The van der Waals surface area contributed by atoms with Crippen LogP contribution in [0.1, 0.15) is 37.7 Å². The second-order valence-corrected chi connectivity index (χ2v) is 5.00. The molecule has 1 heterocycles. The molecule has 1 fully saturated rings. The van der Waals surface area contributed by atoms with Crippen LogP contribution in [0.25, 0.3) is 0 Å². The van der Waals surface area contributed by atoms with Crippen LogP contribution >= 0.6 is 0 Å².